The van der Waals surface area contributed by atoms with Gasteiger partial charge in [-0.15, -0.1) is 35.3 Å². The summed E-state index contributed by atoms with van der Waals surface area (Å²) in [7, 11) is 1.80. The molecule has 1 heterocycles. The van der Waals surface area contributed by atoms with Gasteiger partial charge < -0.3 is 10.6 Å². The molecule has 2 aromatic rings. The van der Waals surface area contributed by atoms with Crippen LogP contribution in [0.4, 0.5) is 0 Å². The van der Waals surface area contributed by atoms with Gasteiger partial charge >= 0.3 is 0 Å². The number of nitrogens with zero attached hydrogens (tertiary/aromatic N) is 2. The fraction of sp³-hybridized carbons (Fsp3) is 0.444. The Morgan fingerprint density at radius 2 is 1.67 bits per heavy atom. The van der Waals surface area contributed by atoms with Gasteiger partial charge in [-0.2, -0.15) is 0 Å². The van der Waals surface area contributed by atoms with Crippen molar-refractivity contribution >= 4 is 41.3 Å². The van der Waals surface area contributed by atoms with E-state index in [4.69, 9.17) is 0 Å². The zero-order valence-electron chi connectivity index (χ0n) is 14.8. The minimum atomic E-state index is 0. The van der Waals surface area contributed by atoms with Crippen molar-refractivity contribution in [2.75, 3.05) is 20.1 Å². The lowest BCUT2D eigenvalue weighted by Crippen LogP contribution is -2.39. The second kappa shape index (κ2) is 10.7. The largest absolute Gasteiger partial charge is 0.356 e. The highest BCUT2D eigenvalue weighted by atomic mass is 127. The summed E-state index contributed by atoms with van der Waals surface area (Å²) >= 11 is 1.78. The summed E-state index contributed by atoms with van der Waals surface area (Å²) in [4.78, 5) is 10.1. The zero-order valence-corrected chi connectivity index (χ0v) is 18.0. The van der Waals surface area contributed by atoms with Crippen LogP contribution in [0.5, 0.6) is 0 Å². The lowest BCUT2D eigenvalue weighted by atomic mass is 10.1. The number of aliphatic imine (C=N–C) groups is 1. The van der Waals surface area contributed by atoms with Crippen molar-refractivity contribution in [3.05, 3.63) is 51.0 Å². The van der Waals surface area contributed by atoms with Crippen LogP contribution in [-0.4, -0.2) is 31.1 Å². The van der Waals surface area contributed by atoms with E-state index in [9.17, 15) is 0 Å². The predicted octanol–water partition coefficient (Wildman–Crippen LogP) is 3.64. The molecule has 0 aliphatic heterocycles. The van der Waals surface area contributed by atoms with Crippen molar-refractivity contribution in [2.45, 2.75) is 33.6 Å². The number of aromatic nitrogens is 1. The van der Waals surface area contributed by atoms with Gasteiger partial charge in [0.2, 0.25) is 0 Å². The molecular weight excluding hydrogens is 431 g/mol. The Balaban J connectivity index is 0.00000288. The van der Waals surface area contributed by atoms with Crippen LogP contribution in [0, 0.1) is 20.8 Å². The maximum atomic E-state index is 4.56. The summed E-state index contributed by atoms with van der Waals surface area (Å²) in [5, 5.41) is 7.89. The first-order chi connectivity index (χ1) is 11.1. The van der Waals surface area contributed by atoms with Gasteiger partial charge in [-0.3, -0.25) is 4.99 Å². The van der Waals surface area contributed by atoms with Crippen LogP contribution in [0.15, 0.2) is 29.3 Å². The molecule has 0 aliphatic rings. The molecule has 0 aliphatic carbocycles. The fourth-order valence-corrected chi connectivity index (χ4v) is 3.17. The lowest BCUT2D eigenvalue weighted by Gasteiger charge is -2.11. The Bertz CT molecular complexity index is 630. The van der Waals surface area contributed by atoms with Crippen LogP contribution in [0.25, 0.3) is 0 Å². The van der Waals surface area contributed by atoms with Crippen molar-refractivity contribution in [3.8, 4) is 0 Å². The summed E-state index contributed by atoms with van der Waals surface area (Å²) in [5.74, 6) is 0.849. The molecule has 0 bridgehead atoms. The molecular formula is C18H27IN4S. The smallest absolute Gasteiger partial charge is 0.191 e. The molecule has 0 spiro atoms. The van der Waals surface area contributed by atoms with Crippen LogP contribution < -0.4 is 10.6 Å². The average molecular weight is 458 g/mol. The maximum Gasteiger partial charge on any atom is 0.191 e. The fourth-order valence-electron chi connectivity index (χ4n) is 2.23. The van der Waals surface area contributed by atoms with Gasteiger partial charge in [-0.25, -0.2) is 4.98 Å². The van der Waals surface area contributed by atoms with Crippen molar-refractivity contribution in [3.63, 3.8) is 0 Å². The van der Waals surface area contributed by atoms with Gasteiger partial charge in [0.15, 0.2) is 5.96 Å². The number of halogens is 1. The van der Waals surface area contributed by atoms with Crippen LogP contribution >= 0.6 is 35.3 Å². The first-order valence-corrected chi connectivity index (χ1v) is 8.83. The second-order valence-electron chi connectivity index (χ2n) is 5.66. The van der Waals surface area contributed by atoms with E-state index in [2.05, 4.69) is 65.6 Å². The van der Waals surface area contributed by atoms with Gasteiger partial charge in [-0.05, 0) is 32.8 Å². The molecule has 0 saturated carbocycles. The minimum absolute atomic E-state index is 0. The van der Waals surface area contributed by atoms with E-state index in [-0.39, 0.29) is 24.0 Å². The van der Waals surface area contributed by atoms with Crippen molar-refractivity contribution in [1.29, 1.82) is 0 Å². The molecule has 2 rings (SSSR count). The van der Waals surface area contributed by atoms with Crippen molar-refractivity contribution < 1.29 is 0 Å². The number of hydrogen-bond donors (Lipinski definition) is 2. The van der Waals surface area contributed by atoms with Crippen LogP contribution in [-0.2, 0) is 12.8 Å². The summed E-state index contributed by atoms with van der Waals surface area (Å²) in [6.45, 7) is 8.01. The summed E-state index contributed by atoms with van der Waals surface area (Å²) in [5.41, 5.74) is 3.78. The minimum Gasteiger partial charge on any atom is -0.356 e. The highest BCUT2D eigenvalue weighted by molar-refractivity contribution is 14.0. The van der Waals surface area contributed by atoms with Gasteiger partial charge in [-0.1, -0.05) is 29.8 Å². The Morgan fingerprint density at radius 1 is 1.04 bits per heavy atom. The van der Waals surface area contributed by atoms with E-state index in [1.807, 2.05) is 0 Å². The molecule has 2 N–H and O–H groups in total. The molecule has 0 atom stereocenters. The topological polar surface area (TPSA) is 49.3 Å². The van der Waals surface area contributed by atoms with Crippen molar-refractivity contribution in [2.24, 2.45) is 4.99 Å². The second-order valence-corrected chi connectivity index (χ2v) is 6.95. The molecule has 24 heavy (non-hydrogen) atoms. The number of nitrogens with one attached hydrogen (secondary N) is 2. The SMILES string of the molecule is CN=C(NCCc1ccc(C)cc1)NCCc1nc(C)c(C)s1.I. The zero-order chi connectivity index (χ0) is 16.7. The van der Waals surface area contributed by atoms with Gasteiger partial charge in [0.1, 0.15) is 0 Å². The molecule has 0 unspecified atom stereocenters. The predicted molar refractivity (Wildman–Crippen MR) is 115 cm³/mol. The van der Waals surface area contributed by atoms with Crippen LogP contribution in [0.2, 0.25) is 0 Å². The quantitative estimate of drug-likeness (QED) is 0.395. The maximum absolute atomic E-state index is 4.56. The molecule has 1 aromatic carbocycles. The van der Waals surface area contributed by atoms with Gasteiger partial charge in [0.25, 0.3) is 0 Å². The summed E-state index contributed by atoms with van der Waals surface area (Å²) in [6, 6.07) is 8.67. The summed E-state index contributed by atoms with van der Waals surface area (Å²) in [6.07, 6.45) is 1.92. The van der Waals surface area contributed by atoms with E-state index >= 15 is 0 Å². The van der Waals surface area contributed by atoms with Crippen molar-refractivity contribution in [1.82, 2.24) is 15.6 Å². The number of hydrogen-bond acceptors (Lipinski definition) is 3. The molecule has 0 saturated heterocycles. The monoisotopic (exact) mass is 458 g/mol. The highest BCUT2D eigenvalue weighted by Gasteiger charge is 2.04. The normalized spacial score (nSPS) is 11.1. The van der Waals surface area contributed by atoms with E-state index in [0.29, 0.717) is 0 Å². The lowest BCUT2D eigenvalue weighted by molar-refractivity contribution is 0.781. The Morgan fingerprint density at radius 3 is 2.21 bits per heavy atom. The van der Waals surface area contributed by atoms with E-state index in [1.165, 1.54) is 21.0 Å². The molecule has 132 valence electrons. The summed E-state index contributed by atoms with van der Waals surface area (Å²) < 4.78 is 0. The molecule has 1 aromatic heterocycles. The Kier molecular flexibility index (Phi) is 9.28. The third-order valence-electron chi connectivity index (χ3n) is 3.75. The third kappa shape index (κ3) is 6.76. The first-order valence-electron chi connectivity index (χ1n) is 8.01. The van der Waals surface area contributed by atoms with Gasteiger partial charge in [0.05, 0.1) is 10.7 Å². The standard InChI is InChI=1S/C18H26N4S.HI/c1-13-5-7-16(8-6-13)9-11-20-18(19-4)21-12-10-17-22-14(2)15(3)23-17;/h5-8H,9-12H2,1-4H3,(H2,19,20,21);1H. The van der Waals surface area contributed by atoms with Crippen LogP contribution in [0.1, 0.15) is 26.7 Å². The molecule has 0 fully saturated rings. The first kappa shape index (κ1) is 20.9. The molecule has 0 radical (unpaired) electrons. The van der Waals surface area contributed by atoms with Crippen LogP contribution in [0.3, 0.4) is 0 Å². The number of thiazole rings is 1. The van der Waals surface area contributed by atoms with E-state index < -0.39 is 0 Å². The molecule has 6 heteroatoms. The number of aryl methyl sites for hydroxylation is 3. The number of benzene rings is 1. The third-order valence-corrected chi connectivity index (χ3v) is 4.89. The van der Waals surface area contributed by atoms with Gasteiger partial charge in [0, 0.05) is 31.4 Å². The average Bonchev–Trinajstić information content (AvgIpc) is 2.86. The highest BCUT2D eigenvalue weighted by Crippen LogP contribution is 2.16. The Hall–Kier alpha value is -1.15. The Labute approximate surface area is 166 Å². The van der Waals surface area contributed by atoms with E-state index in [1.54, 1.807) is 18.4 Å². The molecule has 0 amide bonds. The number of guanidine groups is 1. The van der Waals surface area contributed by atoms with E-state index in [0.717, 1.165) is 37.6 Å². The number of rotatable bonds is 6. The molecule has 4 nitrogen and oxygen atoms in total.